The summed E-state index contributed by atoms with van der Waals surface area (Å²) in [6.45, 7) is 1.95. The van der Waals surface area contributed by atoms with Crippen molar-refractivity contribution in [2.24, 2.45) is 7.05 Å². The van der Waals surface area contributed by atoms with Gasteiger partial charge < -0.3 is 9.88 Å². The van der Waals surface area contributed by atoms with E-state index in [4.69, 9.17) is 11.6 Å². The van der Waals surface area contributed by atoms with Crippen molar-refractivity contribution in [2.75, 3.05) is 5.32 Å². The summed E-state index contributed by atoms with van der Waals surface area (Å²) in [4.78, 5) is 16.5. The Bertz CT molecular complexity index is 839. The standard InChI is InChI=1S/C16H14ClN3O/c1-10-5-6-18-15(7-10)19-16(21)14-8-11-3-4-12(17)9-13(11)20(14)2/h3-9H,1-2H3,(H,18,19,21). The minimum atomic E-state index is -0.192. The van der Waals surface area contributed by atoms with Crippen LogP contribution in [0.4, 0.5) is 5.82 Å². The molecule has 0 fully saturated rings. The molecule has 106 valence electrons. The van der Waals surface area contributed by atoms with Crippen molar-refractivity contribution in [1.82, 2.24) is 9.55 Å². The predicted octanol–water partition coefficient (Wildman–Crippen LogP) is 3.79. The van der Waals surface area contributed by atoms with E-state index in [1.54, 1.807) is 6.20 Å². The van der Waals surface area contributed by atoms with E-state index in [-0.39, 0.29) is 5.91 Å². The third-order valence-corrected chi connectivity index (χ3v) is 3.63. The zero-order chi connectivity index (χ0) is 15.0. The molecule has 21 heavy (non-hydrogen) atoms. The van der Waals surface area contributed by atoms with Crippen LogP contribution in [0.1, 0.15) is 16.1 Å². The Hall–Kier alpha value is -2.33. The first-order chi connectivity index (χ1) is 10.0. The molecule has 0 atom stereocenters. The largest absolute Gasteiger partial charge is 0.340 e. The molecule has 0 spiro atoms. The van der Waals surface area contributed by atoms with Gasteiger partial charge in [0.2, 0.25) is 0 Å². The number of halogens is 1. The first-order valence-corrected chi connectivity index (χ1v) is 6.91. The number of nitrogens with one attached hydrogen (secondary N) is 1. The van der Waals surface area contributed by atoms with E-state index in [0.29, 0.717) is 16.5 Å². The molecule has 0 bridgehead atoms. The Morgan fingerprint density at radius 2 is 2.05 bits per heavy atom. The highest BCUT2D eigenvalue weighted by Gasteiger charge is 2.14. The summed E-state index contributed by atoms with van der Waals surface area (Å²) < 4.78 is 1.83. The second-order valence-corrected chi connectivity index (χ2v) is 5.40. The van der Waals surface area contributed by atoms with E-state index in [2.05, 4.69) is 10.3 Å². The fourth-order valence-electron chi connectivity index (χ4n) is 2.31. The van der Waals surface area contributed by atoms with Gasteiger partial charge in [-0.1, -0.05) is 17.7 Å². The number of aryl methyl sites for hydroxylation is 2. The number of pyridine rings is 1. The molecule has 0 saturated heterocycles. The molecule has 3 aromatic rings. The second-order valence-electron chi connectivity index (χ2n) is 4.96. The maximum absolute atomic E-state index is 12.4. The van der Waals surface area contributed by atoms with E-state index in [9.17, 15) is 4.79 Å². The fourth-order valence-corrected chi connectivity index (χ4v) is 2.47. The van der Waals surface area contributed by atoms with E-state index >= 15 is 0 Å². The molecule has 0 aliphatic carbocycles. The highest BCUT2D eigenvalue weighted by molar-refractivity contribution is 6.31. The van der Waals surface area contributed by atoms with Gasteiger partial charge in [-0.05, 0) is 42.8 Å². The molecule has 1 amide bonds. The third kappa shape index (κ3) is 2.62. The van der Waals surface area contributed by atoms with Crippen LogP contribution < -0.4 is 5.32 Å². The van der Waals surface area contributed by atoms with Gasteiger partial charge in [-0.2, -0.15) is 0 Å². The summed E-state index contributed by atoms with van der Waals surface area (Å²) in [5, 5.41) is 4.44. The number of carbonyl (C=O) groups excluding carboxylic acids is 1. The Balaban J connectivity index is 1.96. The van der Waals surface area contributed by atoms with Gasteiger partial charge in [0.05, 0.1) is 0 Å². The number of anilines is 1. The molecule has 5 heteroatoms. The number of aromatic nitrogens is 2. The zero-order valence-corrected chi connectivity index (χ0v) is 12.5. The maximum Gasteiger partial charge on any atom is 0.273 e. The van der Waals surface area contributed by atoms with Crippen molar-refractivity contribution < 1.29 is 4.79 Å². The predicted molar refractivity (Wildman–Crippen MR) is 84.9 cm³/mol. The van der Waals surface area contributed by atoms with Crippen molar-refractivity contribution in [1.29, 1.82) is 0 Å². The van der Waals surface area contributed by atoms with Gasteiger partial charge in [-0.15, -0.1) is 0 Å². The Morgan fingerprint density at radius 3 is 2.81 bits per heavy atom. The van der Waals surface area contributed by atoms with Crippen LogP contribution >= 0.6 is 11.6 Å². The summed E-state index contributed by atoms with van der Waals surface area (Å²) in [6.07, 6.45) is 1.67. The molecule has 4 nitrogen and oxygen atoms in total. The van der Waals surface area contributed by atoms with Crippen molar-refractivity contribution in [2.45, 2.75) is 6.92 Å². The molecule has 0 saturated carbocycles. The van der Waals surface area contributed by atoms with Crippen LogP contribution in [-0.2, 0) is 7.05 Å². The normalized spacial score (nSPS) is 10.8. The average molecular weight is 300 g/mol. The SMILES string of the molecule is Cc1ccnc(NC(=O)c2cc3ccc(Cl)cc3n2C)c1. The lowest BCUT2D eigenvalue weighted by atomic mass is 10.2. The van der Waals surface area contributed by atoms with E-state index in [1.165, 1.54) is 0 Å². The van der Waals surface area contributed by atoms with Gasteiger partial charge in [-0.25, -0.2) is 4.98 Å². The quantitative estimate of drug-likeness (QED) is 0.782. The summed E-state index contributed by atoms with van der Waals surface area (Å²) in [7, 11) is 1.84. The van der Waals surface area contributed by atoms with Crippen molar-refractivity contribution >= 4 is 34.2 Å². The molecular formula is C16H14ClN3O. The first-order valence-electron chi connectivity index (χ1n) is 6.53. The molecule has 0 unspecified atom stereocenters. The van der Waals surface area contributed by atoms with Crippen LogP contribution in [0.3, 0.4) is 0 Å². The summed E-state index contributed by atoms with van der Waals surface area (Å²) in [5.41, 5.74) is 2.53. The van der Waals surface area contributed by atoms with Crippen LogP contribution in [0.2, 0.25) is 5.02 Å². The summed E-state index contributed by atoms with van der Waals surface area (Å²) in [5.74, 6) is 0.353. The number of hydrogen-bond donors (Lipinski definition) is 1. The molecular weight excluding hydrogens is 286 g/mol. The third-order valence-electron chi connectivity index (χ3n) is 3.40. The zero-order valence-electron chi connectivity index (χ0n) is 11.7. The lowest BCUT2D eigenvalue weighted by molar-refractivity contribution is 0.101. The molecule has 0 aliphatic rings. The molecule has 0 radical (unpaired) electrons. The Morgan fingerprint density at radius 1 is 1.24 bits per heavy atom. The van der Waals surface area contributed by atoms with Crippen LogP contribution in [0.5, 0.6) is 0 Å². The monoisotopic (exact) mass is 299 g/mol. The van der Waals surface area contributed by atoms with E-state index in [0.717, 1.165) is 16.5 Å². The van der Waals surface area contributed by atoms with Crippen LogP contribution in [0, 0.1) is 6.92 Å². The average Bonchev–Trinajstić information content (AvgIpc) is 2.76. The van der Waals surface area contributed by atoms with Crippen LogP contribution in [-0.4, -0.2) is 15.5 Å². The topological polar surface area (TPSA) is 46.9 Å². The number of fused-ring (bicyclic) bond motifs is 1. The highest BCUT2D eigenvalue weighted by Crippen LogP contribution is 2.23. The number of hydrogen-bond acceptors (Lipinski definition) is 2. The number of benzene rings is 1. The van der Waals surface area contributed by atoms with Crippen molar-refractivity contribution in [3.63, 3.8) is 0 Å². The van der Waals surface area contributed by atoms with E-state index < -0.39 is 0 Å². The number of rotatable bonds is 2. The number of amides is 1. The fraction of sp³-hybridized carbons (Fsp3) is 0.125. The van der Waals surface area contributed by atoms with Gasteiger partial charge in [0.15, 0.2) is 0 Å². The van der Waals surface area contributed by atoms with Crippen molar-refractivity contribution in [3.05, 3.63) is 58.9 Å². The minimum absolute atomic E-state index is 0.192. The van der Waals surface area contributed by atoms with Crippen LogP contribution in [0.15, 0.2) is 42.6 Å². The molecule has 1 N–H and O–H groups in total. The van der Waals surface area contributed by atoms with Gasteiger partial charge in [0.25, 0.3) is 5.91 Å². The van der Waals surface area contributed by atoms with Gasteiger partial charge in [0, 0.05) is 29.2 Å². The molecule has 1 aromatic carbocycles. The Kier molecular flexibility index (Phi) is 3.39. The molecule has 0 aliphatic heterocycles. The highest BCUT2D eigenvalue weighted by atomic mass is 35.5. The van der Waals surface area contributed by atoms with E-state index in [1.807, 2.05) is 54.9 Å². The lowest BCUT2D eigenvalue weighted by Crippen LogP contribution is -2.16. The molecule has 2 aromatic heterocycles. The second kappa shape index (κ2) is 5.22. The van der Waals surface area contributed by atoms with Gasteiger partial charge in [-0.3, -0.25) is 4.79 Å². The summed E-state index contributed by atoms with van der Waals surface area (Å²) >= 11 is 6.00. The van der Waals surface area contributed by atoms with Crippen molar-refractivity contribution in [3.8, 4) is 0 Å². The maximum atomic E-state index is 12.4. The smallest absolute Gasteiger partial charge is 0.273 e. The molecule has 3 rings (SSSR count). The van der Waals surface area contributed by atoms with Gasteiger partial charge >= 0.3 is 0 Å². The Labute approximate surface area is 127 Å². The summed E-state index contributed by atoms with van der Waals surface area (Å²) in [6, 6.07) is 11.1. The number of nitrogens with zero attached hydrogens (tertiary/aromatic N) is 2. The number of carbonyl (C=O) groups is 1. The first kappa shape index (κ1) is 13.6. The molecule has 2 heterocycles. The minimum Gasteiger partial charge on any atom is -0.340 e. The van der Waals surface area contributed by atoms with Gasteiger partial charge in [0.1, 0.15) is 11.5 Å². The van der Waals surface area contributed by atoms with Crippen LogP contribution in [0.25, 0.3) is 10.9 Å². The lowest BCUT2D eigenvalue weighted by Gasteiger charge is -2.06.